The SMILES string of the molecule is CCNC(=O)NCc1cccc(-c2csc(N=C(N)N)n2)n1.Cl. The average molecular weight is 356 g/mol. The number of halogens is 1. The van der Waals surface area contributed by atoms with Gasteiger partial charge in [0, 0.05) is 11.9 Å². The molecule has 0 saturated carbocycles. The van der Waals surface area contributed by atoms with Gasteiger partial charge in [-0.15, -0.1) is 23.7 Å². The fourth-order valence-electron chi connectivity index (χ4n) is 1.66. The van der Waals surface area contributed by atoms with Crippen LogP contribution in [0.15, 0.2) is 28.6 Å². The number of hydrogen-bond donors (Lipinski definition) is 4. The molecule has 0 aliphatic carbocycles. The van der Waals surface area contributed by atoms with Crippen LogP contribution < -0.4 is 22.1 Å². The van der Waals surface area contributed by atoms with Crippen molar-refractivity contribution in [1.82, 2.24) is 20.6 Å². The molecule has 23 heavy (non-hydrogen) atoms. The molecule has 0 radical (unpaired) electrons. The van der Waals surface area contributed by atoms with E-state index in [9.17, 15) is 4.79 Å². The second-order valence-electron chi connectivity index (χ2n) is 4.28. The van der Waals surface area contributed by atoms with Gasteiger partial charge in [-0.05, 0) is 19.1 Å². The highest BCUT2D eigenvalue weighted by Crippen LogP contribution is 2.25. The topological polar surface area (TPSA) is 131 Å². The fourth-order valence-corrected chi connectivity index (χ4v) is 2.36. The lowest BCUT2D eigenvalue weighted by molar-refractivity contribution is 0.241. The summed E-state index contributed by atoms with van der Waals surface area (Å²) in [7, 11) is 0. The van der Waals surface area contributed by atoms with E-state index in [2.05, 4.69) is 25.6 Å². The summed E-state index contributed by atoms with van der Waals surface area (Å²) in [6, 6.07) is 5.30. The molecule has 2 rings (SSSR count). The van der Waals surface area contributed by atoms with E-state index in [1.807, 2.05) is 30.5 Å². The summed E-state index contributed by atoms with van der Waals surface area (Å²) >= 11 is 1.33. The molecule has 2 amide bonds. The monoisotopic (exact) mass is 355 g/mol. The van der Waals surface area contributed by atoms with Crippen molar-refractivity contribution < 1.29 is 4.79 Å². The highest BCUT2D eigenvalue weighted by atomic mass is 35.5. The molecular weight excluding hydrogens is 338 g/mol. The van der Waals surface area contributed by atoms with E-state index in [-0.39, 0.29) is 24.4 Å². The van der Waals surface area contributed by atoms with E-state index in [0.29, 0.717) is 29.6 Å². The number of nitrogens with two attached hydrogens (primary N) is 2. The van der Waals surface area contributed by atoms with Crippen molar-refractivity contribution in [3.63, 3.8) is 0 Å². The van der Waals surface area contributed by atoms with Crippen molar-refractivity contribution in [1.29, 1.82) is 0 Å². The zero-order valence-corrected chi connectivity index (χ0v) is 14.1. The quantitative estimate of drug-likeness (QED) is 0.475. The van der Waals surface area contributed by atoms with Gasteiger partial charge in [0.25, 0.3) is 0 Å². The van der Waals surface area contributed by atoms with Gasteiger partial charge in [0.15, 0.2) is 5.96 Å². The molecule has 0 bridgehead atoms. The Morgan fingerprint density at radius 2 is 2.04 bits per heavy atom. The van der Waals surface area contributed by atoms with Crippen molar-refractivity contribution >= 4 is 40.9 Å². The van der Waals surface area contributed by atoms with E-state index < -0.39 is 0 Å². The first-order valence-electron chi connectivity index (χ1n) is 6.61. The number of thiazole rings is 1. The third kappa shape index (κ3) is 5.72. The number of aromatic nitrogens is 2. The number of rotatable bonds is 5. The van der Waals surface area contributed by atoms with Crippen molar-refractivity contribution in [2.24, 2.45) is 16.5 Å². The molecule has 0 fully saturated rings. The largest absolute Gasteiger partial charge is 0.370 e. The number of guanidine groups is 1. The molecule has 124 valence electrons. The summed E-state index contributed by atoms with van der Waals surface area (Å²) in [5.74, 6) is -0.0336. The highest BCUT2D eigenvalue weighted by Gasteiger charge is 2.07. The van der Waals surface area contributed by atoms with Gasteiger partial charge in [-0.3, -0.25) is 0 Å². The number of amides is 2. The van der Waals surface area contributed by atoms with Crippen LogP contribution in [-0.2, 0) is 6.54 Å². The van der Waals surface area contributed by atoms with Crippen molar-refractivity contribution in [2.45, 2.75) is 13.5 Å². The van der Waals surface area contributed by atoms with Crippen LogP contribution in [0, 0.1) is 0 Å². The van der Waals surface area contributed by atoms with E-state index in [1.54, 1.807) is 0 Å². The molecular formula is C13H18ClN7OS. The van der Waals surface area contributed by atoms with Crippen molar-refractivity contribution in [2.75, 3.05) is 6.54 Å². The highest BCUT2D eigenvalue weighted by molar-refractivity contribution is 7.13. The minimum absolute atomic E-state index is 0. The van der Waals surface area contributed by atoms with Gasteiger partial charge in [-0.2, -0.15) is 4.99 Å². The minimum Gasteiger partial charge on any atom is -0.370 e. The number of nitrogens with zero attached hydrogens (tertiary/aromatic N) is 3. The Morgan fingerprint density at radius 3 is 2.74 bits per heavy atom. The number of carbonyl (C=O) groups excluding carboxylic acids is 1. The van der Waals surface area contributed by atoms with E-state index in [0.717, 1.165) is 5.69 Å². The predicted molar refractivity (Wildman–Crippen MR) is 94.0 cm³/mol. The van der Waals surface area contributed by atoms with Crippen LogP contribution in [0.4, 0.5) is 9.93 Å². The van der Waals surface area contributed by atoms with Gasteiger partial charge < -0.3 is 22.1 Å². The fraction of sp³-hybridized carbons (Fsp3) is 0.231. The Bertz CT molecular complexity index is 684. The summed E-state index contributed by atoms with van der Waals surface area (Å²) in [6.45, 7) is 2.77. The first-order chi connectivity index (χ1) is 10.6. The number of pyridine rings is 1. The molecule has 0 spiro atoms. The molecule has 6 N–H and O–H groups in total. The molecule has 2 heterocycles. The third-order valence-electron chi connectivity index (χ3n) is 2.55. The number of carbonyl (C=O) groups is 1. The second kappa shape index (κ2) is 8.91. The lowest BCUT2D eigenvalue weighted by Crippen LogP contribution is -2.34. The lowest BCUT2D eigenvalue weighted by Gasteiger charge is -2.06. The van der Waals surface area contributed by atoms with Gasteiger partial charge in [0.1, 0.15) is 5.69 Å². The van der Waals surface area contributed by atoms with Crippen molar-refractivity contribution in [3.05, 3.63) is 29.3 Å². The van der Waals surface area contributed by atoms with Crippen LogP contribution in [0.25, 0.3) is 11.4 Å². The zero-order valence-electron chi connectivity index (χ0n) is 12.4. The third-order valence-corrected chi connectivity index (χ3v) is 3.29. The summed E-state index contributed by atoms with van der Waals surface area (Å²) in [5.41, 5.74) is 12.8. The molecule has 10 heteroatoms. The van der Waals surface area contributed by atoms with Gasteiger partial charge in [-0.25, -0.2) is 14.8 Å². The van der Waals surface area contributed by atoms with Gasteiger partial charge >= 0.3 is 6.03 Å². The molecule has 0 aromatic carbocycles. The first-order valence-corrected chi connectivity index (χ1v) is 7.49. The Kier molecular flexibility index (Phi) is 7.23. The maximum atomic E-state index is 11.4. The van der Waals surface area contributed by atoms with Gasteiger partial charge in [-0.1, -0.05) is 6.07 Å². The standard InChI is InChI=1S/C13H17N7OS.ClH/c1-2-16-12(21)17-6-8-4-3-5-9(18-8)10-7-22-13(19-10)20-11(14)15;/h3-5,7H,2,6H2,1H3,(H2,16,17,21)(H4,14,15,19,20);1H. The van der Waals surface area contributed by atoms with Crippen LogP contribution in [0.5, 0.6) is 0 Å². The van der Waals surface area contributed by atoms with Crippen LogP contribution in [0.2, 0.25) is 0 Å². The molecule has 2 aromatic rings. The normalized spacial score (nSPS) is 9.61. The zero-order chi connectivity index (χ0) is 15.9. The molecule has 2 aromatic heterocycles. The maximum absolute atomic E-state index is 11.4. The first kappa shape index (κ1) is 18.7. The lowest BCUT2D eigenvalue weighted by atomic mass is 10.2. The molecule has 0 atom stereocenters. The number of urea groups is 1. The number of nitrogens with one attached hydrogen (secondary N) is 2. The number of aliphatic imine (C=N–C) groups is 1. The summed E-state index contributed by atoms with van der Waals surface area (Å²) in [5, 5.41) is 7.68. The van der Waals surface area contributed by atoms with Gasteiger partial charge in [0.2, 0.25) is 5.13 Å². The van der Waals surface area contributed by atoms with Crippen LogP contribution in [0.1, 0.15) is 12.6 Å². The van der Waals surface area contributed by atoms with E-state index in [1.165, 1.54) is 11.3 Å². The summed E-state index contributed by atoms with van der Waals surface area (Å²) < 4.78 is 0. The minimum atomic E-state index is -0.224. The molecule has 0 unspecified atom stereocenters. The van der Waals surface area contributed by atoms with Crippen molar-refractivity contribution in [3.8, 4) is 11.4 Å². The maximum Gasteiger partial charge on any atom is 0.315 e. The molecule has 0 aliphatic rings. The Morgan fingerprint density at radius 1 is 1.26 bits per heavy atom. The average Bonchev–Trinajstić information content (AvgIpc) is 2.93. The second-order valence-corrected chi connectivity index (χ2v) is 5.12. The molecule has 0 saturated heterocycles. The van der Waals surface area contributed by atoms with Crippen LogP contribution in [-0.4, -0.2) is 28.5 Å². The van der Waals surface area contributed by atoms with E-state index in [4.69, 9.17) is 11.5 Å². The smallest absolute Gasteiger partial charge is 0.315 e. The van der Waals surface area contributed by atoms with Crippen LogP contribution in [0.3, 0.4) is 0 Å². The predicted octanol–water partition coefficient (Wildman–Crippen LogP) is 1.35. The Balaban J connectivity index is 0.00000264. The summed E-state index contributed by atoms with van der Waals surface area (Å²) in [6.07, 6.45) is 0. The number of hydrogen-bond acceptors (Lipinski definition) is 5. The summed E-state index contributed by atoms with van der Waals surface area (Å²) in [4.78, 5) is 24.0. The molecule has 8 nitrogen and oxygen atoms in total. The Labute approximate surface area is 143 Å². The van der Waals surface area contributed by atoms with Gasteiger partial charge in [0.05, 0.1) is 17.9 Å². The van der Waals surface area contributed by atoms with E-state index >= 15 is 0 Å². The Hall–Kier alpha value is -2.39. The van der Waals surface area contributed by atoms with Crippen LogP contribution >= 0.6 is 23.7 Å². The molecule has 0 aliphatic heterocycles.